The van der Waals surface area contributed by atoms with Crippen LogP contribution in [0.5, 0.6) is 0 Å². The second-order valence-electron chi connectivity index (χ2n) is 3.99. The zero-order valence-electron chi connectivity index (χ0n) is 8.40. The van der Waals surface area contributed by atoms with Crippen molar-refractivity contribution in [2.24, 2.45) is 0 Å². The zero-order chi connectivity index (χ0) is 11.8. The molecule has 86 valence electrons. The van der Waals surface area contributed by atoms with E-state index in [9.17, 15) is 4.79 Å². The average Bonchev–Trinajstić information content (AvgIpc) is 2.98. The van der Waals surface area contributed by atoms with Crippen LogP contribution in [0, 0.1) is 0 Å². The lowest BCUT2D eigenvalue weighted by Gasteiger charge is -2.14. The van der Waals surface area contributed by atoms with Gasteiger partial charge in [0, 0.05) is 10.9 Å². The number of amides is 1. The first-order valence-corrected chi connectivity index (χ1v) is 6.19. The standard InChI is InChI=1S/C11H10Cl3NO/c12-6-11(3-4-11)15-10(16)8-2-1-7(13)5-9(8)14/h1-2,5H,3-4,6H2,(H,15,16). The monoisotopic (exact) mass is 277 g/mol. The summed E-state index contributed by atoms with van der Waals surface area (Å²) < 4.78 is 0. The lowest BCUT2D eigenvalue weighted by Crippen LogP contribution is -2.38. The highest BCUT2D eigenvalue weighted by atomic mass is 35.5. The van der Waals surface area contributed by atoms with Gasteiger partial charge in [-0.25, -0.2) is 0 Å². The fourth-order valence-electron chi connectivity index (χ4n) is 1.42. The molecule has 0 spiro atoms. The largest absolute Gasteiger partial charge is 0.345 e. The normalized spacial score (nSPS) is 16.9. The van der Waals surface area contributed by atoms with Gasteiger partial charge in [-0.2, -0.15) is 0 Å². The van der Waals surface area contributed by atoms with Crippen molar-refractivity contribution in [2.75, 3.05) is 5.88 Å². The predicted octanol–water partition coefficient (Wildman–Crippen LogP) is 3.49. The summed E-state index contributed by atoms with van der Waals surface area (Å²) in [5.41, 5.74) is 0.212. The average molecular weight is 279 g/mol. The molecule has 1 fully saturated rings. The minimum atomic E-state index is -0.221. The Balaban J connectivity index is 2.15. The minimum absolute atomic E-state index is 0.195. The molecule has 1 aliphatic carbocycles. The summed E-state index contributed by atoms with van der Waals surface area (Å²) in [6, 6.07) is 4.81. The van der Waals surface area contributed by atoms with Crippen molar-refractivity contribution in [3.05, 3.63) is 33.8 Å². The van der Waals surface area contributed by atoms with Crippen molar-refractivity contribution in [2.45, 2.75) is 18.4 Å². The maximum atomic E-state index is 11.9. The molecule has 0 radical (unpaired) electrons. The highest BCUT2D eigenvalue weighted by Gasteiger charge is 2.43. The SMILES string of the molecule is O=C(NC1(CCl)CC1)c1ccc(Cl)cc1Cl. The molecule has 1 aliphatic rings. The number of benzene rings is 1. The van der Waals surface area contributed by atoms with E-state index < -0.39 is 0 Å². The number of carbonyl (C=O) groups excluding carboxylic acids is 1. The van der Waals surface area contributed by atoms with Crippen LogP contribution in [0.25, 0.3) is 0 Å². The maximum absolute atomic E-state index is 11.9. The Hall–Kier alpha value is -0.440. The van der Waals surface area contributed by atoms with Crippen LogP contribution in [-0.4, -0.2) is 17.3 Å². The van der Waals surface area contributed by atoms with Gasteiger partial charge >= 0.3 is 0 Å². The van der Waals surface area contributed by atoms with Crippen LogP contribution in [0.3, 0.4) is 0 Å². The van der Waals surface area contributed by atoms with Crippen molar-refractivity contribution in [1.29, 1.82) is 0 Å². The summed E-state index contributed by atoms with van der Waals surface area (Å²) in [5.74, 6) is 0.240. The lowest BCUT2D eigenvalue weighted by atomic mass is 10.2. The second-order valence-corrected chi connectivity index (χ2v) is 5.10. The van der Waals surface area contributed by atoms with Gasteiger partial charge < -0.3 is 5.32 Å². The molecular formula is C11H10Cl3NO. The van der Waals surface area contributed by atoms with E-state index in [1.165, 1.54) is 0 Å². The molecule has 0 aromatic heterocycles. The van der Waals surface area contributed by atoms with E-state index in [0.717, 1.165) is 12.8 Å². The highest BCUT2D eigenvalue weighted by molar-refractivity contribution is 6.36. The molecule has 2 rings (SSSR count). The van der Waals surface area contributed by atoms with Crippen LogP contribution in [0.15, 0.2) is 18.2 Å². The van der Waals surface area contributed by atoms with Crippen LogP contribution in [0.1, 0.15) is 23.2 Å². The number of nitrogens with one attached hydrogen (secondary N) is 1. The van der Waals surface area contributed by atoms with Gasteiger partial charge in [-0.3, -0.25) is 4.79 Å². The van der Waals surface area contributed by atoms with E-state index in [1.807, 2.05) is 0 Å². The van der Waals surface area contributed by atoms with Crippen LogP contribution in [0.2, 0.25) is 10.0 Å². The molecule has 1 N–H and O–H groups in total. The van der Waals surface area contributed by atoms with Gasteiger partial charge in [0.05, 0.1) is 16.1 Å². The zero-order valence-corrected chi connectivity index (χ0v) is 10.7. The van der Waals surface area contributed by atoms with E-state index in [2.05, 4.69) is 5.32 Å². The highest BCUT2D eigenvalue weighted by Crippen LogP contribution is 2.37. The van der Waals surface area contributed by atoms with Crippen molar-refractivity contribution in [3.8, 4) is 0 Å². The van der Waals surface area contributed by atoms with Crippen LogP contribution >= 0.6 is 34.8 Å². The molecule has 0 bridgehead atoms. The number of carbonyl (C=O) groups is 1. The summed E-state index contributed by atoms with van der Waals surface area (Å²) in [5, 5.41) is 3.77. The van der Waals surface area contributed by atoms with Crippen LogP contribution in [0.4, 0.5) is 0 Å². The van der Waals surface area contributed by atoms with Gasteiger partial charge in [0.1, 0.15) is 0 Å². The van der Waals surface area contributed by atoms with Crippen molar-refractivity contribution in [1.82, 2.24) is 5.32 Å². The number of rotatable bonds is 3. The molecule has 0 saturated heterocycles. The van der Waals surface area contributed by atoms with E-state index in [-0.39, 0.29) is 11.4 Å². The number of hydrogen-bond donors (Lipinski definition) is 1. The molecule has 1 saturated carbocycles. The Morgan fingerprint density at radius 3 is 2.56 bits per heavy atom. The van der Waals surface area contributed by atoms with Crippen molar-refractivity contribution >= 4 is 40.7 Å². The molecule has 0 aliphatic heterocycles. The first-order chi connectivity index (χ1) is 7.56. The van der Waals surface area contributed by atoms with E-state index in [4.69, 9.17) is 34.8 Å². The molecule has 1 amide bonds. The van der Waals surface area contributed by atoms with E-state index in [1.54, 1.807) is 18.2 Å². The summed E-state index contributed by atoms with van der Waals surface area (Å²) in [6.07, 6.45) is 1.85. The van der Waals surface area contributed by atoms with Gasteiger partial charge in [-0.05, 0) is 31.0 Å². The third-order valence-electron chi connectivity index (χ3n) is 2.66. The quantitative estimate of drug-likeness (QED) is 0.843. The van der Waals surface area contributed by atoms with Crippen LogP contribution in [-0.2, 0) is 0 Å². The molecule has 0 unspecified atom stereocenters. The lowest BCUT2D eigenvalue weighted by molar-refractivity contribution is 0.0936. The summed E-state index contributed by atoms with van der Waals surface area (Å²) in [4.78, 5) is 11.9. The first-order valence-electron chi connectivity index (χ1n) is 4.90. The van der Waals surface area contributed by atoms with Gasteiger partial charge in [0.2, 0.25) is 0 Å². The van der Waals surface area contributed by atoms with Gasteiger partial charge in [-0.1, -0.05) is 23.2 Å². The summed E-state index contributed by atoms with van der Waals surface area (Å²) in [6.45, 7) is 0. The number of alkyl halides is 1. The topological polar surface area (TPSA) is 29.1 Å². The Bertz CT molecular complexity index is 429. The molecule has 16 heavy (non-hydrogen) atoms. The maximum Gasteiger partial charge on any atom is 0.253 e. The summed E-state index contributed by atoms with van der Waals surface area (Å²) >= 11 is 17.5. The van der Waals surface area contributed by atoms with E-state index >= 15 is 0 Å². The molecule has 2 nitrogen and oxygen atoms in total. The third-order valence-corrected chi connectivity index (χ3v) is 3.72. The van der Waals surface area contributed by atoms with E-state index in [0.29, 0.717) is 21.5 Å². The first kappa shape index (κ1) is 12.0. The number of hydrogen-bond acceptors (Lipinski definition) is 1. The fraction of sp³-hybridized carbons (Fsp3) is 0.364. The predicted molar refractivity (Wildman–Crippen MR) is 66.6 cm³/mol. The molecule has 5 heteroatoms. The number of halogens is 3. The summed E-state index contributed by atoms with van der Waals surface area (Å²) in [7, 11) is 0. The van der Waals surface area contributed by atoms with Crippen LogP contribution < -0.4 is 5.32 Å². The minimum Gasteiger partial charge on any atom is -0.345 e. The Labute approximate surface area is 109 Å². The Morgan fingerprint density at radius 1 is 1.38 bits per heavy atom. The molecular weight excluding hydrogens is 268 g/mol. The third kappa shape index (κ3) is 2.45. The smallest absolute Gasteiger partial charge is 0.253 e. The molecule has 0 atom stereocenters. The van der Waals surface area contributed by atoms with Crippen molar-refractivity contribution in [3.63, 3.8) is 0 Å². The Morgan fingerprint density at radius 2 is 2.06 bits per heavy atom. The van der Waals surface area contributed by atoms with Crippen molar-refractivity contribution < 1.29 is 4.79 Å². The fourth-order valence-corrected chi connectivity index (χ4v) is 2.25. The molecule has 1 aromatic rings. The molecule has 0 heterocycles. The second kappa shape index (κ2) is 4.44. The van der Waals surface area contributed by atoms with Gasteiger partial charge in [0.25, 0.3) is 5.91 Å². The van der Waals surface area contributed by atoms with Gasteiger partial charge in [0.15, 0.2) is 0 Å². The van der Waals surface area contributed by atoms with Gasteiger partial charge in [-0.15, -0.1) is 11.6 Å². The molecule has 1 aromatic carbocycles. The Kier molecular flexibility index (Phi) is 3.34.